The Labute approximate surface area is 148 Å². The van der Waals surface area contributed by atoms with Crippen molar-refractivity contribution in [1.82, 2.24) is 4.98 Å². The molecule has 2 aromatic carbocycles. The second-order valence-electron chi connectivity index (χ2n) is 5.62. The molecule has 0 radical (unpaired) electrons. The van der Waals surface area contributed by atoms with E-state index < -0.39 is 11.8 Å². The number of rotatable bonds is 4. The molecule has 0 unspecified atom stereocenters. The summed E-state index contributed by atoms with van der Waals surface area (Å²) >= 11 is 0. The normalized spacial score (nSPS) is 12.2. The Balaban J connectivity index is 1.82. The van der Waals surface area contributed by atoms with Gasteiger partial charge in [0.1, 0.15) is 11.4 Å². The topological polar surface area (TPSA) is 69.7 Å². The Morgan fingerprint density at radius 1 is 1.23 bits per heavy atom. The standard InChI is InChI=1S/C19H15FN2O4/c1-2-24-19(23)14-9-21-15-7-11(20)3-5-13(15)18(14)22-12-4-6-16-17(8-12)26-10-25-16/h3-9H,2,10H2,1H3,(H,21,22). The van der Waals surface area contributed by atoms with Gasteiger partial charge in [0.2, 0.25) is 6.79 Å². The molecule has 2 heterocycles. The summed E-state index contributed by atoms with van der Waals surface area (Å²) in [6.07, 6.45) is 1.38. The number of aromatic nitrogens is 1. The number of halogens is 1. The number of ether oxygens (including phenoxy) is 3. The number of nitrogens with zero attached hydrogens (tertiary/aromatic N) is 1. The van der Waals surface area contributed by atoms with Crippen LogP contribution in [0.1, 0.15) is 17.3 Å². The first-order valence-corrected chi connectivity index (χ1v) is 8.08. The number of pyridine rings is 1. The fourth-order valence-electron chi connectivity index (χ4n) is 2.78. The van der Waals surface area contributed by atoms with Gasteiger partial charge in [-0.15, -0.1) is 0 Å². The largest absolute Gasteiger partial charge is 0.462 e. The Hall–Kier alpha value is -3.35. The second-order valence-corrected chi connectivity index (χ2v) is 5.62. The van der Waals surface area contributed by atoms with E-state index in [0.29, 0.717) is 33.8 Å². The van der Waals surface area contributed by atoms with Gasteiger partial charge in [-0.3, -0.25) is 4.98 Å². The monoisotopic (exact) mass is 354 g/mol. The maximum absolute atomic E-state index is 13.5. The van der Waals surface area contributed by atoms with Gasteiger partial charge in [0.05, 0.1) is 17.8 Å². The third kappa shape index (κ3) is 2.88. The average molecular weight is 354 g/mol. The van der Waals surface area contributed by atoms with Crippen molar-refractivity contribution in [3.63, 3.8) is 0 Å². The lowest BCUT2D eigenvalue weighted by Crippen LogP contribution is -2.09. The van der Waals surface area contributed by atoms with Crippen LogP contribution in [0.5, 0.6) is 11.5 Å². The number of hydrogen-bond donors (Lipinski definition) is 1. The van der Waals surface area contributed by atoms with Crippen molar-refractivity contribution in [2.45, 2.75) is 6.92 Å². The molecule has 0 amide bonds. The first kappa shape index (κ1) is 16.1. The molecule has 0 spiro atoms. The molecule has 3 aromatic rings. The lowest BCUT2D eigenvalue weighted by Gasteiger charge is -2.14. The summed E-state index contributed by atoms with van der Waals surface area (Å²) in [5, 5.41) is 3.81. The molecule has 7 heteroatoms. The van der Waals surface area contributed by atoms with E-state index in [1.807, 2.05) is 0 Å². The van der Waals surface area contributed by atoms with E-state index in [-0.39, 0.29) is 19.0 Å². The molecule has 6 nitrogen and oxygen atoms in total. The van der Waals surface area contributed by atoms with Crippen LogP contribution in [-0.4, -0.2) is 24.4 Å². The van der Waals surface area contributed by atoms with Crippen LogP contribution in [0.25, 0.3) is 10.9 Å². The Bertz CT molecular complexity index is 1010. The molecule has 0 atom stereocenters. The SMILES string of the molecule is CCOC(=O)c1cnc2cc(F)ccc2c1Nc1ccc2c(c1)OCO2. The van der Waals surface area contributed by atoms with Gasteiger partial charge in [-0.25, -0.2) is 9.18 Å². The predicted molar refractivity (Wildman–Crippen MR) is 93.5 cm³/mol. The smallest absolute Gasteiger partial charge is 0.341 e. The van der Waals surface area contributed by atoms with Crippen molar-refractivity contribution in [2.75, 3.05) is 18.7 Å². The molecule has 1 aliphatic rings. The first-order valence-electron chi connectivity index (χ1n) is 8.08. The number of carbonyl (C=O) groups is 1. The maximum Gasteiger partial charge on any atom is 0.341 e. The van der Waals surface area contributed by atoms with Crippen LogP contribution < -0.4 is 14.8 Å². The minimum Gasteiger partial charge on any atom is -0.462 e. The quantitative estimate of drug-likeness (QED) is 0.714. The molecule has 1 aliphatic heterocycles. The first-order chi connectivity index (χ1) is 12.7. The Morgan fingerprint density at radius 2 is 2.08 bits per heavy atom. The van der Waals surface area contributed by atoms with E-state index in [2.05, 4.69) is 10.3 Å². The molecular formula is C19H15FN2O4. The summed E-state index contributed by atoms with van der Waals surface area (Å²) in [6.45, 7) is 2.14. The van der Waals surface area contributed by atoms with Gasteiger partial charge in [0, 0.05) is 29.4 Å². The molecule has 26 heavy (non-hydrogen) atoms. The second kappa shape index (κ2) is 6.51. The van der Waals surface area contributed by atoms with Crippen LogP contribution >= 0.6 is 0 Å². The summed E-state index contributed by atoms with van der Waals surface area (Å²) in [5.41, 5.74) is 1.88. The molecule has 0 aliphatic carbocycles. The molecule has 0 saturated carbocycles. The van der Waals surface area contributed by atoms with Gasteiger partial charge in [-0.2, -0.15) is 0 Å². The number of benzene rings is 2. The number of fused-ring (bicyclic) bond motifs is 2. The summed E-state index contributed by atoms with van der Waals surface area (Å²) in [6, 6.07) is 9.57. The molecule has 4 rings (SSSR count). The highest BCUT2D eigenvalue weighted by Gasteiger charge is 2.19. The fourth-order valence-corrected chi connectivity index (χ4v) is 2.78. The third-order valence-electron chi connectivity index (χ3n) is 3.97. The zero-order chi connectivity index (χ0) is 18.1. The van der Waals surface area contributed by atoms with Crippen LogP contribution in [0.2, 0.25) is 0 Å². The zero-order valence-corrected chi connectivity index (χ0v) is 13.9. The molecule has 0 bridgehead atoms. The summed E-state index contributed by atoms with van der Waals surface area (Å²) < 4.78 is 29.3. The Kier molecular flexibility index (Phi) is 4.04. The summed E-state index contributed by atoms with van der Waals surface area (Å²) in [7, 11) is 0. The number of hydrogen-bond acceptors (Lipinski definition) is 6. The minimum absolute atomic E-state index is 0.171. The zero-order valence-electron chi connectivity index (χ0n) is 13.9. The number of esters is 1. The Morgan fingerprint density at radius 3 is 2.92 bits per heavy atom. The number of nitrogens with one attached hydrogen (secondary N) is 1. The lowest BCUT2D eigenvalue weighted by molar-refractivity contribution is 0.0527. The van der Waals surface area contributed by atoms with Gasteiger partial charge in [0.15, 0.2) is 11.5 Å². The summed E-state index contributed by atoms with van der Waals surface area (Å²) in [5.74, 6) is 0.359. The van der Waals surface area contributed by atoms with Crippen molar-refractivity contribution >= 4 is 28.2 Å². The van der Waals surface area contributed by atoms with Gasteiger partial charge in [-0.1, -0.05) is 0 Å². The van der Waals surface area contributed by atoms with Crippen LogP contribution in [0.3, 0.4) is 0 Å². The lowest BCUT2D eigenvalue weighted by atomic mass is 10.1. The van der Waals surface area contributed by atoms with Crippen molar-refractivity contribution in [1.29, 1.82) is 0 Å². The van der Waals surface area contributed by atoms with Crippen molar-refractivity contribution in [3.05, 3.63) is 54.0 Å². The highest BCUT2D eigenvalue weighted by Crippen LogP contribution is 2.37. The van der Waals surface area contributed by atoms with Gasteiger partial charge in [-0.05, 0) is 31.2 Å². The molecule has 1 N–H and O–H groups in total. The van der Waals surface area contributed by atoms with Crippen LogP contribution in [0.15, 0.2) is 42.6 Å². The van der Waals surface area contributed by atoms with Gasteiger partial charge in [0.25, 0.3) is 0 Å². The molecular weight excluding hydrogens is 339 g/mol. The molecule has 0 saturated heterocycles. The van der Waals surface area contributed by atoms with Crippen LogP contribution in [0, 0.1) is 5.82 Å². The van der Waals surface area contributed by atoms with Gasteiger partial charge < -0.3 is 19.5 Å². The van der Waals surface area contributed by atoms with Crippen LogP contribution in [0.4, 0.5) is 15.8 Å². The maximum atomic E-state index is 13.5. The van der Waals surface area contributed by atoms with E-state index in [9.17, 15) is 9.18 Å². The van der Waals surface area contributed by atoms with Crippen LogP contribution in [-0.2, 0) is 4.74 Å². The highest BCUT2D eigenvalue weighted by molar-refractivity contribution is 6.06. The highest BCUT2D eigenvalue weighted by atomic mass is 19.1. The van der Waals surface area contributed by atoms with Gasteiger partial charge >= 0.3 is 5.97 Å². The molecule has 1 aromatic heterocycles. The average Bonchev–Trinajstić information content (AvgIpc) is 3.09. The van der Waals surface area contributed by atoms with Crippen molar-refractivity contribution in [3.8, 4) is 11.5 Å². The molecule has 0 fully saturated rings. The van der Waals surface area contributed by atoms with E-state index >= 15 is 0 Å². The van der Waals surface area contributed by atoms with Crippen molar-refractivity contribution < 1.29 is 23.4 Å². The fraction of sp³-hybridized carbons (Fsp3) is 0.158. The van der Waals surface area contributed by atoms with E-state index in [0.717, 1.165) is 0 Å². The molecule has 132 valence electrons. The van der Waals surface area contributed by atoms with Crippen molar-refractivity contribution in [2.24, 2.45) is 0 Å². The minimum atomic E-state index is -0.505. The van der Waals surface area contributed by atoms with E-state index in [1.54, 1.807) is 31.2 Å². The van der Waals surface area contributed by atoms with E-state index in [4.69, 9.17) is 14.2 Å². The van der Waals surface area contributed by atoms with E-state index in [1.165, 1.54) is 18.3 Å². The third-order valence-corrected chi connectivity index (χ3v) is 3.97. The predicted octanol–water partition coefficient (Wildman–Crippen LogP) is 4.02. The number of anilines is 2. The summed E-state index contributed by atoms with van der Waals surface area (Å²) in [4.78, 5) is 16.5. The number of carbonyl (C=O) groups excluding carboxylic acids is 1.